The Morgan fingerprint density at radius 3 is 2.60 bits per heavy atom. The van der Waals surface area contributed by atoms with Gasteiger partial charge >= 0.3 is 6.03 Å². The number of piperazine rings is 1. The number of nitrogens with zero attached hydrogens (tertiary/aromatic N) is 3. The van der Waals surface area contributed by atoms with Crippen molar-refractivity contribution in [2.75, 3.05) is 37.2 Å². The minimum absolute atomic E-state index is 0.0921. The van der Waals surface area contributed by atoms with E-state index in [1.165, 1.54) is 4.31 Å². The van der Waals surface area contributed by atoms with E-state index >= 15 is 0 Å². The highest BCUT2D eigenvalue weighted by Crippen LogP contribution is 2.10. The Morgan fingerprint density at radius 2 is 2.05 bits per heavy atom. The number of pyridine rings is 1. The maximum atomic E-state index is 12.0. The van der Waals surface area contributed by atoms with Crippen LogP contribution in [0.5, 0.6) is 0 Å². The minimum atomic E-state index is -3.16. The van der Waals surface area contributed by atoms with E-state index in [1.54, 1.807) is 36.4 Å². The van der Waals surface area contributed by atoms with Gasteiger partial charge in [-0.3, -0.25) is 4.98 Å². The van der Waals surface area contributed by atoms with Gasteiger partial charge in [0.05, 0.1) is 17.6 Å². The van der Waals surface area contributed by atoms with E-state index in [0.717, 1.165) is 0 Å². The summed E-state index contributed by atoms with van der Waals surface area (Å²) < 4.78 is 24.9. The van der Waals surface area contributed by atoms with Crippen LogP contribution in [-0.2, 0) is 10.0 Å². The van der Waals surface area contributed by atoms with Crippen molar-refractivity contribution in [3.63, 3.8) is 0 Å². The molecule has 1 aromatic heterocycles. The number of aromatic nitrogens is 1. The molecule has 1 aliphatic heterocycles. The van der Waals surface area contributed by atoms with Gasteiger partial charge in [0.1, 0.15) is 0 Å². The third-order valence-corrected chi connectivity index (χ3v) is 5.08. The second-order valence-electron chi connectivity index (χ2n) is 4.46. The van der Waals surface area contributed by atoms with E-state index in [-0.39, 0.29) is 11.8 Å². The SMILES string of the molecule is CCS(=O)(=O)N1CCN(C(=O)Nc2cccnc2)CC1. The molecule has 2 rings (SSSR count). The van der Waals surface area contributed by atoms with Crippen LogP contribution in [0.1, 0.15) is 6.92 Å². The normalized spacial score (nSPS) is 16.9. The molecular formula is C12H18N4O3S. The first-order valence-electron chi connectivity index (χ1n) is 6.46. The van der Waals surface area contributed by atoms with Crippen molar-refractivity contribution in [1.29, 1.82) is 0 Å². The topological polar surface area (TPSA) is 82.6 Å². The Bertz CT molecular complexity index is 553. The minimum Gasteiger partial charge on any atom is -0.322 e. The Morgan fingerprint density at radius 1 is 1.35 bits per heavy atom. The third-order valence-electron chi connectivity index (χ3n) is 3.20. The van der Waals surface area contributed by atoms with Gasteiger partial charge in [-0.2, -0.15) is 4.31 Å². The molecule has 0 unspecified atom stereocenters. The van der Waals surface area contributed by atoms with Gasteiger partial charge < -0.3 is 10.2 Å². The molecule has 2 amide bonds. The smallest absolute Gasteiger partial charge is 0.321 e. The highest BCUT2D eigenvalue weighted by atomic mass is 32.2. The zero-order valence-corrected chi connectivity index (χ0v) is 12.1. The van der Waals surface area contributed by atoms with Crippen LogP contribution in [0.15, 0.2) is 24.5 Å². The Kier molecular flexibility index (Phi) is 4.56. The number of hydrogen-bond donors (Lipinski definition) is 1. The molecule has 0 spiro atoms. The summed E-state index contributed by atoms with van der Waals surface area (Å²) in [5, 5.41) is 2.74. The Balaban J connectivity index is 1.89. The summed E-state index contributed by atoms with van der Waals surface area (Å²) in [5.74, 6) is 0.0921. The number of carbonyl (C=O) groups is 1. The van der Waals surface area contributed by atoms with Gasteiger partial charge in [0, 0.05) is 32.4 Å². The first-order valence-corrected chi connectivity index (χ1v) is 8.07. The Labute approximate surface area is 118 Å². The zero-order valence-electron chi connectivity index (χ0n) is 11.3. The maximum Gasteiger partial charge on any atom is 0.321 e. The summed E-state index contributed by atoms with van der Waals surface area (Å²) in [6.07, 6.45) is 3.19. The lowest BCUT2D eigenvalue weighted by Gasteiger charge is -2.33. The van der Waals surface area contributed by atoms with Gasteiger partial charge in [-0.25, -0.2) is 13.2 Å². The standard InChI is InChI=1S/C12H18N4O3S/c1-2-20(18,19)16-8-6-15(7-9-16)12(17)14-11-4-3-5-13-10-11/h3-5,10H,2,6-9H2,1H3,(H,14,17). The average Bonchev–Trinajstić information content (AvgIpc) is 2.48. The molecule has 1 fully saturated rings. The van der Waals surface area contributed by atoms with Crippen molar-refractivity contribution in [3.8, 4) is 0 Å². The van der Waals surface area contributed by atoms with Gasteiger partial charge in [-0.15, -0.1) is 0 Å². The lowest BCUT2D eigenvalue weighted by Crippen LogP contribution is -2.51. The number of amides is 2. The second kappa shape index (κ2) is 6.19. The molecule has 1 aromatic rings. The van der Waals surface area contributed by atoms with Crippen molar-refractivity contribution in [3.05, 3.63) is 24.5 Å². The monoisotopic (exact) mass is 298 g/mol. The number of carbonyl (C=O) groups excluding carboxylic acids is 1. The number of hydrogen-bond acceptors (Lipinski definition) is 4. The van der Waals surface area contributed by atoms with Crippen molar-refractivity contribution >= 4 is 21.7 Å². The molecular weight excluding hydrogens is 280 g/mol. The molecule has 0 aromatic carbocycles. The van der Waals surface area contributed by atoms with Crippen LogP contribution in [0.2, 0.25) is 0 Å². The fourth-order valence-electron chi connectivity index (χ4n) is 1.99. The van der Waals surface area contributed by atoms with Gasteiger partial charge in [0.25, 0.3) is 0 Å². The molecule has 8 heteroatoms. The molecule has 0 saturated carbocycles. The maximum absolute atomic E-state index is 12.0. The van der Waals surface area contributed by atoms with Crippen LogP contribution in [0.25, 0.3) is 0 Å². The average molecular weight is 298 g/mol. The van der Waals surface area contributed by atoms with Crippen molar-refractivity contribution in [1.82, 2.24) is 14.2 Å². The molecule has 0 bridgehead atoms. The van der Waals surface area contributed by atoms with Gasteiger partial charge in [0.2, 0.25) is 10.0 Å². The lowest BCUT2D eigenvalue weighted by molar-refractivity contribution is 0.184. The van der Waals surface area contributed by atoms with Crippen molar-refractivity contribution in [2.24, 2.45) is 0 Å². The molecule has 0 atom stereocenters. The summed E-state index contributed by atoms with van der Waals surface area (Å²) in [5.41, 5.74) is 0.626. The fraction of sp³-hybridized carbons (Fsp3) is 0.500. The molecule has 110 valence electrons. The van der Waals surface area contributed by atoms with Crippen LogP contribution in [0, 0.1) is 0 Å². The molecule has 7 nitrogen and oxygen atoms in total. The number of rotatable bonds is 3. The van der Waals surface area contributed by atoms with E-state index in [0.29, 0.717) is 31.9 Å². The summed E-state index contributed by atoms with van der Waals surface area (Å²) in [6, 6.07) is 3.26. The Hall–Kier alpha value is -1.67. The van der Waals surface area contributed by atoms with E-state index in [9.17, 15) is 13.2 Å². The fourth-order valence-corrected chi connectivity index (χ4v) is 3.08. The van der Waals surface area contributed by atoms with Crippen LogP contribution >= 0.6 is 0 Å². The van der Waals surface area contributed by atoms with Gasteiger partial charge in [-0.1, -0.05) is 0 Å². The van der Waals surface area contributed by atoms with E-state index in [2.05, 4.69) is 10.3 Å². The molecule has 1 aliphatic rings. The number of urea groups is 1. The summed E-state index contributed by atoms with van der Waals surface area (Å²) >= 11 is 0. The predicted molar refractivity (Wildman–Crippen MR) is 75.9 cm³/mol. The molecule has 1 saturated heterocycles. The highest BCUT2D eigenvalue weighted by Gasteiger charge is 2.27. The molecule has 0 radical (unpaired) electrons. The molecule has 1 N–H and O–H groups in total. The molecule has 2 heterocycles. The van der Waals surface area contributed by atoms with Gasteiger partial charge in [-0.05, 0) is 19.1 Å². The zero-order chi connectivity index (χ0) is 14.6. The quantitative estimate of drug-likeness (QED) is 0.885. The van der Waals surface area contributed by atoms with Gasteiger partial charge in [0.15, 0.2) is 0 Å². The predicted octanol–water partition coefficient (Wildman–Crippen LogP) is 0.581. The van der Waals surface area contributed by atoms with Crippen molar-refractivity contribution in [2.45, 2.75) is 6.92 Å². The van der Waals surface area contributed by atoms with Crippen molar-refractivity contribution < 1.29 is 13.2 Å². The second-order valence-corrected chi connectivity index (χ2v) is 6.72. The number of nitrogens with one attached hydrogen (secondary N) is 1. The van der Waals surface area contributed by atoms with Crippen LogP contribution in [-0.4, -0.2) is 60.6 Å². The summed E-state index contributed by atoms with van der Waals surface area (Å²) in [7, 11) is -3.16. The first-order chi connectivity index (χ1) is 9.53. The highest BCUT2D eigenvalue weighted by molar-refractivity contribution is 7.89. The summed E-state index contributed by atoms with van der Waals surface area (Å²) in [6.45, 7) is 3.10. The van der Waals surface area contributed by atoms with Crippen LogP contribution in [0.3, 0.4) is 0 Å². The third kappa shape index (κ3) is 3.45. The number of sulfonamides is 1. The van der Waals surface area contributed by atoms with E-state index < -0.39 is 10.0 Å². The number of anilines is 1. The van der Waals surface area contributed by atoms with E-state index in [1.807, 2.05) is 0 Å². The van der Waals surface area contributed by atoms with Crippen LogP contribution < -0.4 is 5.32 Å². The summed E-state index contributed by atoms with van der Waals surface area (Å²) in [4.78, 5) is 17.5. The first kappa shape index (κ1) is 14.7. The van der Waals surface area contributed by atoms with Crippen LogP contribution in [0.4, 0.5) is 10.5 Å². The molecule has 0 aliphatic carbocycles. The molecule has 20 heavy (non-hydrogen) atoms. The largest absolute Gasteiger partial charge is 0.322 e. The lowest BCUT2D eigenvalue weighted by atomic mass is 10.4. The van der Waals surface area contributed by atoms with E-state index in [4.69, 9.17) is 0 Å².